The Bertz CT molecular complexity index is 1500. The first-order valence-corrected chi connectivity index (χ1v) is 19.0. The summed E-state index contributed by atoms with van der Waals surface area (Å²) in [5.41, 5.74) is 6.18. The normalized spacial score (nSPS) is 14.4. The van der Waals surface area contributed by atoms with Gasteiger partial charge in [0.1, 0.15) is 10.3 Å². The Morgan fingerprint density at radius 2 is 1.67 bits per heavy atom. The Hall–Kier alpha value is -3.07. The van der Waals surface area contributed by atoms with Crippen molar-refractivity contribution in [3.63, 3.8) is 0 Å². The minimum absolute atomic E-state index is 0.0158. The van der Waals surface area contributed by atoms with Crippen molar-refractivity contribution < 1.29 is 26.7 Å². The number of rotatable bonds is 22. The van der Waals surface area contributed by atoms with Crippen molar-refractivity contribution in [3.8, 4) is 0 Å². The van der Waals surface area contributed by atoms with Crippen LogP contribution in [-0.2, 0) is 24.8 Å². The number of carbonyl (C=O) groups excluding carboxylic acids is 1. The van der Waals surface area contributed by atoms with Crippen LogP contribution in [0.3, 0.4) is 0 Å². The molecule has 0 bridgehead atoms. The second kappa shape index (κ2) is 18.9. The van der Waals surface area contributed by atoms with Gasteiger partial charge in [-0.25, -0.2) is 16.8 Å². The van der Waals surface area contributed by atoms with Crippen LogP contribution in [0.4, 0.5) is 5.69 Å². The van der Waals surface area contributed by atoms with Crippen molar-refractivity contribution >= 4 is 43.0 Å². The number of hydrogen-bond donors (Lipinski definition) is 4. The van der Waals surface area contributed by atoms with Gasteiger partial charge in [0.25, 0.3) is 10.0 Å². The highest BCUT2D eigenvalue weighted by molar-refractivity contribution is 7.91. The lowest BCUT2D eigenvalue weighted by atomic mass is 9.91. The highest BCUT2D eigenvalue weighted by Gasteiger charge is 2.31. The maximum Gasteiger partial charge on any atom is 0.250 e. The van der Waals surface area contributed by atoms with Crippen molar-refractivity contribution in [3.05, 3.63) is 91.9 Å². The van der Waals surface area contributed by atoms with Crippen LogP contribution in [0.5, 0.6) is 0 Å². The Labute approximate surface area is 278 Å². The molecular formula is C33H48N4O6S3. The molecule has 5 N–H and O–H groups in total. The lowest BCUT2D eigenvalue weighted by Gasteiger charge is -2.31. The Balaban J connectivity index is 2.08. The lowest BCUT2D eigenvalue weighted by molar-refractivity contribution is -0.122. The molecule has 0 spiro atoms. The molecule has 0 aliphatic heterocycles. The number of aliphatic hydroxyl groups is 1. The molecule has 0 saturated carbocycles. The molecule has 0 fully saturated rings. The van der Waals surface area contributed by atoms with Crippen LogP contribution < -0.4 is 15.8 Å². The van der Waals surface area contributed by atoms with Crippen molar-refractivity contribution in [2.24, 2.45) is 17.8 Å². The number of carbonyl (C=O) groups is 1. The first-order valence-electron chi connectivity index (χ1n) is 15.2. The number of aliphatic hydroxyl groups excluding tert-OH is 1. The van der Waals surface area contributed by atoms with Crippen LogP contribution in [0.15, 0.2) is 101 Å². The number of benzene rings is 1. The largest absolute Gasteiger partial charge is 0.399 e. The summed E-state index contributed by atoms with van der Waals surface area (Å²) in [6, 6.07) is 7.31. The highest BCUT2D eigenvalue weighted by Crippen LogP contribution is 2.24. The van der Waals surface area contributed by atoms with E-state index >= 15 is 0 Å². The lowest BCUT2D eigenvalue weighted by Crippen LogP contribution is -2.46. The SMILES string of the molecule is C=CC(C=C)C(C=C)/C=C/C[C@H](NS(=O)(=O)c1cccs1)C(=O)NCCCC[C@@H](CO)N(CC(C)C)S(=O)(=O)c1ccc(N)cc1. The molecule has 2 aromatic rings. The number of allylic oxidation sites excluding steroid dienone is 4. The fourth-order valence-corrected chi connectivity index (χ4v) is 8.79. The summed E-state index contributed by atoms with van der Waals surface area (Å²) >= 11 is 1.05. The average Bonchev–Trinajstić information content (AvgIpc) is 3.57. The number of nitrogens with one attached hydrogen (secondary N) is 2. The third-order valence-electron chi connectivity index (χ3n) is 7.28. The quantitative estimate of drug-likeness (QED) is 0.0791. The van der Waals surface area contributed by atoms with E-state index in [2.05, 4.69) is 29.8 Å². The number of nitrogens with zero attached hydrogens (tertiary/aromatic N) is 1. The third kappa shape index (κ3) is 11.6. The van der Waals surface area contributed by atoms with E-state index in [1.165, 1.54) is 34.6 Å². The van der Waals surface area contributed by atoms with E-state index in [0.717, 1.165) is 11.3 Å². The van der Waals surface area contributed by atoms with E-state index in [-0.39, 0.29) is 53.0 Å². The van der Waals surface area contributed by atoms with Crippen LogP contribution >= 0.6 is 11.3 Å². The zero-order valence-electron chi connectivity index (χ0n) is 26.6. The van der Waals surface area contributed by atoms with Gasteiger partial charge in [0, 0.05) is 36.7 Å². The Morgan fingerprint density at radius 1 is 1.02 bits per heavy atom. The van der Waals surface area contributed by atoms with Crippen LogP contribution in [0.2, 0.25) is 0 Å². The number of anilines is 1. The number of nitrogen functional groups attached to an aromatic ring is 1. The van der Waals surface area contributed by atoms with Gasteiger partial charge in [0.15, 0.2) is 0 Å². The number of amides is 1. The summed E-state index contributed by atoms with van der Waals surface area (Å²) in [6.07, 6.45) is 10.3. The Morgan fingerprint density at radius 3 is 2.22 bits per heavy atom. The predicted octanol–water partition coefficient (Wildman–Crippen LogP) is 4.71. The minimum Gasteiger partial charge on any atom is -0.399 e. The molecule has 254 valence electrons. The molecule has 2 rings (SSSR count). The number of hydrogen-bond acceptors (Lipinski definition) is 8. The van der Waals surface area contributed by atoms with Crippen LogP contribution in [0.1, 0.15) is 39.5 Å². The zero-order chi connectivity index (χ0) is 34.3. The second-order valence-corrected chi connectivity index (χ2v) is 16.1. The fourth-order valence-electron chi connectivity index (χ4n) is 4.76. The second-order valence-electron chi connectivity index (χ2n) is 11.3. The molecule has 0 radical (unpaired) electrons. The average molecular weight is 693 g/mol. The van der Waals surface area contributed by atoms with Gasteiger partial charge in [-0.05, 0) is 60.9 Å². The first-order chi connectivity index (χ1) is 21.8. The third-order valence-corrected chi connectivity index (χ3v) is 12.1. The van der Waals surface area contributed by atoms with Crippen molar-refractivity contribution in [2.45, 2.75) is 60.7 Å². The van der Waals surface area contributed by atoms with Gasteiger partial charge in [-0.2, -0.15) is 9.03 Å². The Kier molecular flexibility index (Phi) is 16.1. The van der Waals surface area contributed by atoms with E-state index in [0.29, 0.717) is 24.9 Å². The minimum atomic E-state index is -3.93. The molecule has 1 heterocycles. The van der Waals surface area contributed by atoms with E-state index < -0.39 is 38.0 Å². The molecule has 1 aromatic carbocycles. The van der Waals surface area contributed by atoms with Crippen LogP contribution in [0.25, 0.3) is 0 Å². The molecule has 1 amide bonds. The molecule has 46 heavy (non-hydrogen) atoms. The van der Waals surface area contributed by atoms with Gasteiger partial charge in [-0.1, -0.05) is 56.7 Å². The number of unbranched alkanes of at least 4 members (excludes halogenated alkanes) is 1. The standard InChI is InChI=1S/C33H48N4O6S3/c1-6-26(7-2)27(8-3)13-11-15-31(36-45(40,41)32-16-12-22-44-32)33(39)35-21-10-9-14-29(24-38)37(23-25(4)5)46(42,43)30-19-17-28(34)18-20-30/h6-8,11-13,16-20,22,25-27,29,31,36,38H,1-3,9-10,14-15,21,23-24,34H2,4-5H3,(H,35,39)/b13-11+/t27?,29-,31-/m0/s1. The molecule has 0 aliphatic rings. The molecule has 0 saturated heterocycles. The zero-order valence-corrected chi connectivity index (χ0v) is 29.1. The summed E-state index contributed by atoms with van der Waals surface area (Å²) in [5.74, 6) is -0.660. The topological polar surface area (TPSA) is 159 Å². The van der Waals surface area contributed by atoms with Gasteiger partial charge < -0.3 is 16.2 Å². The van der Waals surface area contributed by atoms with Crippen molar-refractivity contribution in [2.75, 3.05) is 25.4 Å². The number of thiophene rings is 1. The summed E-state index contributed by atoms with van der Waals surface area (Å²) in [5, 5.41) is 14.6. The van der Waals surface area contributed by atoms with Crippen LogP contribution in [-0.4, -0.2) is 63.9 Å². The van der Waals surface area contributed by atoms with Gasteiger partial charge in [-0.3, -0.25) is 4.79 Å². The fraction of sp³-hybridized carbons (Fsp3) is 0.424. The summed E-state index contributed by atoms with van der Waals surface area (Å²) in [7, 11) is -7.82. The van der Waals surface area contributed by atoms with E-state index in [9.17, 15) is 26.7 Å². The molecular weight excluding hydrogens is 645 g/mol. The van der Waals surface area contributed by atoms with E-state index in [4.69, 9.17) is 5.73 Å². The smallest absolute Gasteiger partial charge is 0.250 e. The van der Waals surface area contributed by atoms with E-state index in [1.54, 1.807) is 35.8 Å². The van der Waals surface area contributed by atoms with Gasteiger partial charge in [-0.15, -0.1) is 31.1 Å². The number of nitrogens with two attached hydrogens (primary N) is 1. The highest BCUT2D eigenvalue weighted by atomic mass is 32.2. The summed E-state index contributed by atoms with van der Waals surface area (Å²) < 4.78 is 56.9. The molecule has 3 atom stereocenters. The van der Waals surface area contributed by atoms with Gasteiger partial charge in [0.05, 0.1) is 11.5 Å². The maximum absolute atomic E-state index is 13.5. The first kappa shape index (κ1) is 39.1. The molecule has 1 aromatic heterocycles. The molecule has 0 aliphatic carbocycles. The maximum atomic E-state index is 13.5. The number of sulfonamides is 2. The van der Waals surface area contributed by atoms with Gasteiger partial charge >= 0.3 is 0 Å². The predicted molar refractivity (Wildman–Crippen MR) is 187 cm³/mol. The summed E-state index contributed by atoms with van der Waals surface area (Å²) in [4.78, 5) is 13.3. The summed E-state index contributed by atoms with van der Waals surface area (Å²) in [6.45, 7) is 15.4. The van der Waals surface area contributed by atoms with Crippen LogP contribution in [0, 0.1) is 17.8 Å². The van der Waals surface area contributed by atoms with E-state index in [1.807, 2.05) is 19.9 Å². The molecule has 13 heteroatoms. The van der Waals surface area contributed by atoms with Gasteiger partial charge in [0.2, 0.25) is 15.9 Å². The van der Waals surface area contributed by atoms with Crippen molar-refractivity contribution in [1.82, 2.24) is 14.3 Å². The monoisotopic (exact) mass is 692 g/mol. The van der Waals surface area contributed by atoms with Crippen molar-refractivity contribution in [1.29, 1.82) is 0 Å². The molecule has 1 unspecified atom stereocenters. The molecule has 10 nitrogen and oxygen atoms in total.